The number of carbonyl (C=O) groups is 1. The summed E-state index contributed by atoms with van der Waals surface area (Å²) in [6.07, 6.45) is 1.16. The molecule has 1 aromatic carbocycles. The number of rotatable bonds is 2. The van der Waals surface area contributed by atoms with Crippen LogP contribution in [-0.4, -0.2) is 39.4 Å². The zero-order valence-electron chi connectivity index (χ0n) is 10.9. The Hall–Kier alpha value is -1.33. The van der Waals surface area contributed by atoms with Crippen molar-refractivity contribution in [3.05, 3.63) is 41.4 Å². The third-order valence-electron chi connectivity index (χ3n) is 3.91. The Kier molecular flexibility index (Phi) is 3.04. The third kappa shape index (κ3) is 2.05. The fourth-order valence-electron chi connectivity index (χ4n) is 2.88. The number of nitrogens with zero attached hydrogens (tertiary/aromatic N) is 2. The van der Waals surface area contributed by atoms with E-state index >= 15 is 0 Å². The summed E-state index contributed by atoms with van der Waals surface area (Å²) in [6.45, 7) is 0.895. The molecule has 2 atom stereocenters. The van der Waals surface area contributed by atoms with Gasteiger partial charge in [-0.3, -0.25) is 4.79 Å². The first-order chi connectivity index (χ1) is 9.81. The molecule has 2 aromatic rings. The lowest BCUT2D eigenvalue weighted by Crippen LogP contribution is -2.39. The van der Waals surface area contributed by atoms with Crippen LogP contribution in [0.3, 0.4) is 0 Å². The van der Waals surface area contributed by atoms with Gasteiger partial charge in [-0.2, -0.15) is 11.8 Å². The van der Waals surface area contributed by atoms with Crippen LogP contribution >= 0.6 is 23.1 Å². The Morgan fingerprint density at radius 3 is 2.85 bits per heavy atom. The highest BCUT2D eigenvalue weighted by Gasteiger charge is 2.41. The summed E-state index contributed by atoms with van der Waals surface area (Å²) >= 11 is 3.54. The first kappa shape index (κ1) is 12.4. The predicted molar refractivity (Wildman–Crippen MR) is 83.2 cm³/mol. The third-order valence-corrected chi connectivity index (χ3v) is 6.19. The molecule has 2 aliphatic heterocycles. The zero-order valence-corrected chi connectivity index (χ0v) is 12.5. The van der Waals surface area contributed by atoms with Crippen LogP contribution in [0.15, 0.2) is 35.7 Å². The van der Waals surface area contributed by atoms with Gasteiger partial charge in [0, 0.05) is 34.5 Å². The molecule has 0 saturated carbocycles. The topological polar surface area (TPSA) is 33.2 Å². The van der Waals surface area contributed by atoms with Crippen LogP contribution in [0.1, 0.15) is 16.9 Å². The van der Waals surface area contributed by atoms with Gasteiger partial charge in [0.15, 0.2) is 0 Å². The molecule has 0 N–H and O–H groups in total. The molecule has 4 rings (SSSR count). The monoisotopic (exact) mass is 302 g/mol. The van der Waals surface area contributed by atoms with E-state index in [9.17, 15) is 4.79 Å². The van der Waals surface area contributed by atoms with Crippen LogP contribution in [0.5, 0.6) is 0 Å². The molecule has 0 spiro atoms. The van der Waals surface area contributed by atoms with Gasteiger partial charge in [-0.15, -0.1) is 11.3 Å². The largest absolute Gasteiger partial charge is 0.332 e. The summed E-state index contributed by atoms with van der Waals surface area (Å²) in [4.78, 5) is 19.1. The number of thiazole rings is 1. The van der Waals surface area contributed by atoms with Gasteiger partial charge in [-0.1, -0.05) is 30.3 Å². The summed E-state index contributed by atoms with van der Waals surface area (Å²) in [5, 5.41) is 3.47. The molecule has 1 amide bonds. The maximum absolute atomic E-state index is 12.5. The van der Waals surface area contributed by atoms with Crippen molar-refractivity contribution >= 4 is 29.0 Å². The highest BCUT2D eigenvalue weighted by atomic mass is 32.2. The minimum atomic E-state index is 0.108. The lowest BCUT2D eigenvalue weighted by molar-refractivity contribution is 0.0742. The lowest BCUT2D eigenvalue weighted by atomic mass is 10.2. The van der Waals surface area contributed by atoms with Gasteiger partial charge in [-0.05, 0) is 6.42 Å². The summed E-state index contributed by atoms with van der Waals surface area (Å²) in [5.41, 5.74) is 1.68. The summed E-state index contributed by atoms with van der Waals surface area (Å²) in [7, 11) is 0. The fraction of sp³-hybridized carbons (Fsp3) is 0.333. The summed E-state index contributed by atoms with van der Waals surface area (Å²) < 4.78 is 0. The van der Waals surface area contributed by atoms with Gasteiger partial charge in [-0.25, -0.2) is 4.98 Å². The van der Waals surface area contributed by atoms with Crippen molar-refractivity contribution in [1.29, 1.82) is 0 Å². The molecule has 2 unspecified atom stereocenters. The Morgan fingerprint density at radius 1 is 1.30 bits per heavy atom. The Labute approximate surface area is 126 Å². The zero-order chi connectivity index (χ0) is 13.5. The van der Waals surface area contributed by atoms with Crippen LogP contribution < -0.4 is 0 Å². The quantitative estimate of drug-likeness (QED) is 0.854. The maximum Gasteiger partial charge on any atom is 0.273 e. The normalized spacial score (nSPS) is 24.3. The SMILES string of the molecule is O=C(c1csc(-c2ccccc2)n1)N1CC2CC1CS2. The second-order valence-corrected chi connectivity index (χ2v) is 7.40. The minimum absolute atomic E-state index is 0.108. The summed E-state index contributed by atoms with van der Waals surface area (Å²) in [6, 6.07) is 10.5. The number of benzene rings is 1. The molecule has 3 heterocycles. The van der Waals surface area contributed by atoms with E-state index in [2.05, 4.69) is 4.98 Å². The van der Waals surface area contributed by atoms with Crippen LogP contribution in [0.4, 0.5) is 0 Å². The van der Waals surface area contributed by atoms with Crippen molar-refractivity contribution < 1.29 is 4.79 Å². The lowest BCUT2D eigenvalue weighted by Gasteiger charge is -2.25. The van der Waals surface area contributed by atoms with E-state index in [1.807, 2.05) is 52.4 Å². The van der Waals surface area contributed by atoms with E-state index in [1.54, 1.807) is 11.3 Å². The van der Waals surface area contributed by atoms with E-state index in [0.29, 0.717) is 17.0 Å². The molecule has 5 heteroatoms. The van der Waals surface area contributed by atoms with Crippen LogP contribution in [-0.2, 0) is 0 Å². The Balaban J connectivity index is 1.58. The molecule has 20 heavy (non-hydrogen) atoms. The van der Waals surface area contributed by atoms with Gasteiger partial charge < -0.3 is 4.90 Å². The molecule has 0 aliphatic carbocycles. The van der Waals surface area contributed by atoms with Gasteiger partial charge >= 0.3 is 0 Å². The van der Waals surface area contributed by atoms with Crippen molar-refractivity contribution in [2.24, 2.45) is 0 Å². The molecule has 2 bridgehead atoms. The van der Waals surface area contributed by atoms with E-state index in [-0.39, 0.29) is 5.91 Å². The van der Waals surface area contributed by atoms with Crippen molar-refractivity contribution in [1.82, 2.24) is 9.88 Å². The Morgan fingerprint density at radius 2 is 2.15 bits per heavy atom. The highest BCUT2D eigenvalue weighted by Crippen LogP contribution is 2.38. The molecule has 0 radical (unpaired) electrons. The van der Waals surface area contributed by atoms with Gasteiger partial charge in [0.2, 0.25) is 0 Å². The number of amides is 1. The second kappa shape index (κ2) is 4.90. The van der Waals surface area contributed by atoms with Crippen molar-refractivity contribution in [2.45, 2.75) is 17.7 Å². The second-order valence-electron chi connectivity index (χ2n) is 5.21. The molecule has 1 aromatic heterocycles. The molecule has 3 nitrogen and oxygen atoms in total. The van der Waals surface area contributed by atoms with Gasteiger partial charge in [0.25, 0.3) is 5.91 Å². The van der Waals surface area contributed by atoms with E-state index in [1.165, 1.54) is 0 Å². The van der Waals surface area contributed by atoms with Crippen LogP contribution in [0.2, 0.25) is 0 Å². The standard InChI is InChI=1S/C15H14N2OS2/c18-15(17-7-12-6-11(17)8-19-12)13-9-20-14(16-13)10-4-2-1-3-5-10/h1-5,9,11-12H,6-8H2. The first-order valence-corrected chi connectivity index (χ1v) is 8.67. The number of likely N-dealkylation sites (tertiary alicyclic amines) is 1. The predicted octanol–water partition coefficient (Wildman–Crippen LogP) is 3.14. The molecule has 2 fully saturated rings. The number of fused-ring (bicyclic) bond motifs is 2. The molecule has 2 saturated heterocycles. The fourth-order valence-corrected chi connectivity index (χ4v) is 5.12. The van der Waals surface area contributed by atoms with Crippen LogP contribution in [0, 0.1) is 0 Å². The average molecular weight is 302 g/mol. The number of hydrogen-bond donors (Lipinski definition) is 0. The molecule has 2 aliphatic rings. The Bertz CT molecular complexity index is 640. The highest BCUT2D eigenvalue weighted by molar-refractivity contribution is 8.00. The van der Waals surface area contributed by atoms with Crippen molar-refractivity contribution in [3.63, 3.8) is 0 Å². The first-order valence-electron chi connectivity index (χ1n) is 6.75. The van der Waals surface area contributed by atoms with Gasteiger partial charge in [0.05, 0.1) is 0 Å². The van der Waals surface area contributed by atoms with Crippen LogP contribution in [0.25, 0.3) is 10.6 Å². The molecule has 102 valence electrons. The van der Waals surface area contributed by atoms with E-state index < -0.39 is 0 Å². The maximum atomic E-state index is 12.5. The smallest absolute Gasteiger partial charge is 0.273 e. The number of carbonyl (C=O) groups excluding carboxylic acids is 1. The number of hydrogen-bond acceptors (Lipinski definition) is 4. The van der Waals surface area contributed by atoms with Crippen molar-refractivity contribution in [3.8, 4) is 10.6 Å². The average Bonchev–Trinajstić information content (AvgIpc) is 3.23. The minimum Gasteiger partial charge on any atom is -0.332 e. The van der Waals surface area contributed by atoms with E-state index in [4.69, 9.17) is 0 Å². The number of aromatic nitrogens is 1. The molecular formula is C15H14N2OS2. The number of thioether (sulfide) groups is 1. The summed E-state index contributed by atoms with van der Waals surface area (Å²) in [5.74, 6) is 1.20. The molecular weight excluding hydrogens is 288 g/mol. The van der Waals surface area contributed by atoms with Crippen molar-refractivity contribution in [2.75, 3.05) is 12.3 Å². The van der Waals surface area contributed by atoms with Gasteiger partial charge in [0.1, 0.15) is 10.7 Å². The van der Waals surface area contributed by atoms with E-state index in [0.717, 1.165) is 29.3 Å².